The van der Waals surface area contributed by atoms with Crippen LogP contribution in [0.5, 0.6) is 0 Å². The van der Waals surface area contributed by atoms with E-state index in [1.165, 1.54) is 25.6 Å². The number of hydrogen-bond acceptors (Lipinski definition) is 4. The van der Waals surface area contributed by atoms with Crippen LogP contribution in [-0.4, -0.2) is 39.4 Å². The van der Waals surface area contributed by atoms with E-state index in [0.29, 0.717) is 5.92 Å². The Balaban J connectivity index is 2.13. The Hall–Kier alpha value is -1.34. The van der Waals surface area contributed by atoms with E-state index in [-0.39, 0.29) is 22.8 Å². The number of amides is 1. The first-order valence-corrected chi connectivity index (χ1v) is 8.64. The molecule has 1 aliphatic rings. The molecule has 0 aliphatic heterocycles. The molecule has 0 saturated heterocycles. The normalized spacial score (nSPS) is 23.0. The lowest BCUT2D eigenvalue weighted by Gasteiger charge is -2.33. The average Bonchev–Trinajstić information content (AvgIpc) is 2.96. The molecule has 118 valence electrons. The minimum atomic E-state index is -3.66. The SMILES string of the molecule is CNS(=O)(=O)c1ccc(C(=O)N(C)[C@H]2CCC[C@H](C)C2)o1. The van der Waals surface area contributed by atoms with Crippen molar-refractivity contribution >= 4 is 15.9 Å². The van der Waals surface area contributed by atoms with Gasteiger partial charge in [-0.25, -0.2) is 13.1 Å². The summed E-state index contributed by atoms with van der Waals surface area (Å²) in [4.78, 5) is 14.1. The predicted octanol–water partition coefficient (Wildman–Crippen LogP) is 1.84. The first kappa shape index (κ1) is 16.0. The Morgan fingerprint density at radius 2 is 2.10 bits per heavy atom. The van der Waals surface area contributed by atoms with E-state index in [0.717, 1.165) is 19.3 Å². The molecule has 0 aromatic carbocycles. The molecule has 1 heterocycles. The first-order chi connectivity index (χ1) is 9.85. The molecule has 7 heteroatoms. The van der Waals surface area contributed by atoms with Gasteiger partial charge in [0.1, 0.15) is 0 Å². The summed E-state index contributed by atoms with van der Waals surface area (Å²) in [5.41, 5.74) is 0. The van der Waals surface area contributed by atoms with Crippen molar-refractivity contribution in [2.24, 2.45) is 5.92 Å². The highest BCUT2D eigenvalue weighted by molar-refractivity contribution is 7.89. The molecule has 1 saturated carbocycles. The van der Waals surface area contributed by atoms with E-state index in [9.17, 15) is 13.2 Å². The van der Waals surface area contributed by atoms with Crippen molar-refractivity contribution in [2.45, 2.75) is 43.7 Å². The Kier molecular flexibility index (Phi) is 4.73. The number of nitrogens with one attached hydrogen (secondary N) is 1. The molecule has 0 radical (unpaired) electrons. The lowest BCUT2D eigenvalue weighted by atomic mass is 9.86. The fraction of sp³-hybridized carbons (Fsp3) is 0.643. The molecule has 1 fully saturated rings. The third-order valence-corrected chi connectivity index (χ3v) is 5.39. The Morgan fingerprint density at radius 3 is 2.71 bits per heavy atom. The van der Waals surface area contributed by atoms with Crippen LogP contribution < -0.4 is 4.72 Å². The largest absolute Gasteiger partial charge is 0.438 e. The number of carbonyl (C=O) groups excluding carboxylic acids is 1. The third kappa shape index (κ3) is 3.47. The van der Waals surface area contributed by atoms with E-state index >= 15 is 0 Å². The molecule has 2 rings (SSSR count). The van der Waals surface area contributed by atoms with E-state index in [1.807, 2.05) is 0 Å². The van der Waals surface area contributed by atoms with Gasteiger partial charge in [-0.1, -0.05) is 19.8 Å². The quantitative estimate of drug-likeness (QED) is 0.919. The highest BCUT2D eigenvalue weighted by Gasteiger charge is 2.28. The van der Waals surface area contributed by atoms with E-state index in [1.54, 1.807) is 11.9 Å². The summed E-state index contributed by atoms with van der Waals surface area (Å²) in [7, 11) is -0.607. The van der Waals surface area contributed by atoms with Crippen molar-refractivity contribution in [1.82, 2.24) is 9.62 Å². The fourth-order valence-corrected chi connectivity index (χ4v) is 3.42. The molecular weight excluding hydrogens is 292 g/mol. The lowest BCUT2D eigenvalue weighted by molar-refractivity contribution is 0.0635. The van der Waals surface area contributed by atoms with Gasteiger partial charge < -0.3 is 9.32 Å². The smallest absolute Gasteiger partial charge is 0.289 e. The molecule has 21 heavy (non-hydrogen) atoms. The van der Waals surface area contributed by atoms with Crippen LogP contribution in [0.15, 0.2) is 21.6 Å². The second-order valence-corrected chi connectivity index (χ2v) is 7.49. The van der Waals surface area contributed by atoms with Gasteiger partial charge >= 0.3 is 0 Å². The minimum absolute atomic E-state index is 0.0598. The summed E-state index contributed by atoms with van der Waals surface area (Å²) in [5, 5.41) is -0.237. The van der Waals surface area contributed by atoms with Gasteiger partial charge in [0.05, 0.1) is 0 Å². The van der Waals surface area contributed by atoms with Crippen molar-refractivity contribution in [2.75, 3.05) is 14.1 Å². The number of rotatable bonds is 4. The van der Waals surface area contributed by atoms with Crippen LogP contribution in [0.2, 0.25) is 0 Å². The number of sulfonamides is 1. The van der Waals surface area contributed by atoms with E-state index < -0.39 is 10.0 Å². The summed E-state index contributed by atoms with van der Waals surface area (Å²) in [6.07, 6.45) is 4.27. The fourth-order valence-electron chi connectivity index (χ4n) is 2.77. The Morgan fingerprint density at radius 1 is 1.38 bits per heavy atom. The summed E-state index contributed by atoms with van der Waals surface area (Å²) in [5.74, 6) is 0.395. The summed E-state index contributed by atoms with van der Waals surface area (Å²) < 4.78 is 30.6. The van der Waals surface area contributed by atoms with Crippen LogP contribution in [0, 0.1) is 5.92 Å². The topological polar surface area (TPSA) is 79.6 Å². The molecular formula is C14H22N2O4S. The molecule has 1 aromatic heterocycles. The highest BCUT2D eigenvalue weighted by atomic mass is 32.2. The lowest BCUT2D eigenvalue weighted by Crippen LogP contribution is -2.39. The van der Waals surface area contributed by atoms with Crippen molar-refractivity contribution in [1.29, 1.82) is 0 Å². The first-order valence-electron chi connectivity index (χ1n) is 7.15. The molecule has 2 atom stereocenters. The van der Waals surface area contributed by atoms with Gasteiger partial charge in [-0.2, -0.15) is 0 Å². The Labute approximate surface area is 125 Å². The molecule has 1 N–H and O–H groups in total. The zero-order valence-corrected chi connectivity index (χ0v) is 13.4. The molecule has 0 unspecified atom stereocenters. The maximum absolute atomic E-state index is 12.4. The van der Waals surface area contributed by atoms with Gasteiger partial charge in [-0.3, -0.25) is 4.79 Å². The number of hydrogen-bond donors (Lipinski definition) is 1. The number of nitrogens with zero attached hydrogens (tertiary/aromatic N) is 1. The molecule has 1 aromatic rings. The summed E-state index contributed by atoms with van der Waals surface area (Å²) in [6, 6.07) is 2.90. The van der Waals surface area contributed by atoms with Crippen LogP contribution in [0.3, 0.4) is 0 Å². The average molecular weight is 314 g/mol. The third-order valence-electron chi connectivity index (χ3n) is 4.10. The van der Waals surface area contributed by atoms with Crippen LogP contribution in [0.1, 0.15) is 43.2 Å². The van der Waals surface area contributed by atoms with Crippen molar-refractivity contribution in [3.8, 4) is 0 Å². The van der Waals surface area contributed by atoms with Gasteiger partial charge in [-0.05, 0) is 37.9 Å². The Bertz CT molecular complexity index is 608. The second kappa shape index (κ2) is 6.19. The predicted molar refractivity (Wildman–Crippen MR) is 78.5 cm³/mol. The van der Waals surface area contributed by atoms with Crippen molar-refractivity contribution in [3.05, 3.63) is 17.9 Å². The number of furan rings is 1. The van der Waals surface area contributed by atoms with Gasteiger partial charge in [0.25, 0.3) is 15.9 Å². The van der Waals surface area contributed by atoms with Gasteiger partial charge in [-0.15, -0.1) is 0 Å². The van der Waals surface area contributed by atoms with Crippen molar-refractivity contribution < 1.29 is 17.6 Å². The maximum atomic E-state index is 12.4. The standard InChI is InChI=1S/C14H22N2O4S/c1-10-5-4-6-11(9-10)16(3)14(17)12-7-8-13(20-12)21(18,19)15-2/h7-8,10-11,15H,4-6,9H2,1-3H3/t10-,11-/m0/s1. The zero-order valence-electron chi connectivity index (χ0n) is 12.6. The van der Waals surface area contributed by atoms with Gasteiger partial charge in [0, 0.05) is 13.1 Å². The van der Waals surface area contributed by atoms with Crippen LogP contribution in [-0.2, 0) is 10.0 Å². The number of carbonyl (C=O) groups is 1. The molecule has 1 amide bonds. The minimum Gasteiger partial charge on any atom is -0.438 e. The van der Waals surface area contributed by atoms with Crippen LogP contribution in [0.4, 0.5) is 0 Å². The van der Waals surface area contributed by atoms with Gasteiger partial charge in [0.2, 0.25) is 5.09 Å². The van der Waals surface area contributed by atoms with Crippen LogP contribution in [0.25, 0.3) is 0 Å². The second-order valence-electron chi connectivity index (χ2n) is 5.67. The molecule has 1 aliphatic carbocycles. The highest BCUT2D eigenvalue weighted by Crippen LogP contribution is 2.27. The summed E-state index contributed by atoms with van der Waals surface area (Å²) in [6.45, 7) is 2.19. The molecule has 0 bridgehead atoms. The maximum Gasteiger partial charge on any atom is 0.289 e. The van der Waals surface area contributed by atoms with E-state index in [4.69, 9.17) is 4.42 Å². The molecule has 6 nitrogen and oxygen atoms in total. The zero-order chi connectivity index (χ0) is 15.6. The van der Waals surface area contributed by atoms with Crippen molar-refractivity contribution in [3.63, 3.8) is 0 Å². The van der Waals surface area contributed by atoms with Gasteiger partial charge in [0.15, 0.2) is 5.76 Å². The monoisotopic (exact) mass is 314 g/mol. The van der Waals surface area contributed by atoms with Crippen LogP contribution >= 0.6 is 0 Å². The summed E-state index contributed by atoms with van der Waals surface area (Å²) >= 11 is 0. The van der Waals surface area contributed by atoms with E-state index in [2.05, 4.69) is 11.6 Å². The molecule has 0 spiro atoms.